The molecule has 0 aliphatic heterocycles. The number of hydrogen-bond acceptors (Lipinski definition) is 1. The van der Waals surface area contributed by atoms with Gasteiger partial charge in [-0.05, 0) is 176 Å². The monoisotopic (exact) mass is 747 g/mol. The summed E-state index contributed by atoms with van der Waals surface area (Å²) in [6.45, 7) is 6.60. The Hall–Kier alpha value is -7.53. The summed E-state index contributed by atoms with van der Waals surface area (Å²) in [5.41, 5.74) is 14.1. The molecule has 1 nitrogen and oxygen atoms in total. The van der Waals surface area contributed by atoms with E-state index in [1.54, 1.807) is 0 Å². The molecule has 0 aliphatic carbocycles. The number of nitrogens with zero attached hydrogens (tertiary/aromatic N) is 1. The summed E-state index contributed by atoms with van der Waals surface area (Å²) in [7, 11) is 0. The van der Waals surface area contributed by atoms with E-state index in [4.69, 9.17) is 0 Å². The molecule has 0 atom stereocenters. The largest absolute Gasteiger partial charge is 0.192 e. The molecule has 12 aromatic rings. The third-order valence-electron chi connectivity index (χ3n) is 13.1. The van der Waals surface area contributed by atoms with E-state index >= 15 is 0 Å². The molecule has 12 rings (SSSR count). The van der Waals surface area contributed by atoms with Crippen LogP contribution in [0.15, 0.2) is 170 Å². The first-order valence-electron chi connectivity index (χ1n) is 20.5. The van der Waals surface area contributed by atoms with Gasteiger partial charge in [-0.1, -0.05) is 152 Å². The van der Waals surface area contributed by atoms with Crippen LogP contribution in [0.4, 0.5) is 0 Å². The summed E-state index contributed by atoms with van der Waals surface area (Å²) in [4.78, 5) is 0. The Morgan fingerprint density at radius 3 is 1.54 bits per heavy atom. The van der Waals surface area contributed by atoms with E-state index in [1.807, 2.05) is 12.1 Å². The predicted octanol–water partition coefficient (Wildman–Crippen LogP) is 16.1. The highest BCUT2D eigenvalue weighted by Gasteiger charge is 2.27. The Balaban J connectivity index is 1.26. The highest BCUT2D eigenvalue weighted by molar-refractivity contribution is 6.45. The number of fused-ring (bicyclic) bond motifs is 8. The summed E-state index contributed by atoms with van der Waals surface area (Å²) in [5, 5.41) is 28.0. The molecule has 0 bridgehead atoms. The molecule has 1 heteroatoms. The van der Waals surface area contributed by atoms with Crippen molar-refractivity contribution in [2.45, 2.75) is 20.8 Å². The minimum absolute atomic E-state index is 0.682. The maximum absolute atomic E-state index is 9.69. The summed E-state index contributed by atoms with van der Waals surface area (Å²) >= 11 is 0. The summed E-state index contributed by atoms with van der Waals surface area (Å²) < 4.78 is 0. The fourth-order valence-corrected chi connectivity index (χ4v) is 10.8. The van der Waals surface area contributed by atoms with Crippen LogP contribution in [-0.2, 0) is 0 Å². The summed E-state index contributed by atoms with van der Waals surface area (Å²) in [5.74, 6) is 0. The molecular formula is C58H37N. The molecule has 0 N–H and O–H groups in total. The molecule has 0 aliphatic rings. The minimum atomic E-state index is 0.682. The van der Waals surface area contributed by atoms with Gasteiger partial charge in [0, 0.05) is 0 Å². The van der Waals surface area contributed by atoms with Gasteiger partial charge in [0.15, 0.2) is 0 Å². The molecule has 0 saturated carbocycles. The van der Waals surface area contributed by atoms with Crippen molar-refractivity contribution >= 4 is 75.4 Å². The second kappa shape index (κ2) is 12.5. The van der Waals surface area contributed by atoms with Crippen molar-refractivity contribution in [3.8, 4) is 50.6 Å². The summed E-state index contributed by atoms with van der Waals surface area (Å²) in [6.07, 6.45) is 0. The van der Waals surface area contributed by atoms with Gasteiger partial charge in [-0.25, -0.2) is 0 Å². The number of hydrogen-bond donors (Lipinski definition) is 0. The maximum atomic E-state index is 9.69. The lowest BCUT2D eigenvalue weighted by molar-refractivity contribution is 1.36. The maximum Gasteiger partial charge on any atom is 0.0991 e. The molecule has 0 amide bonds. The van der Waals surface area contributed by atoms with Crippen LogP contribution in [-0.4, -0.2) is 0 Å². The van der Waals surface area contributed by atoms with Crippen molar-refractivity contribution < 1.29 is 0 Å². The topological polar surface area (TPSA) is 23.8 Å². The SMILES string of the molecule is Cc1ccc(C#N)cc1-c1cc(C)c(-c2ccc3c4c(-c5ccccc5)c5cc6c7ccccc7c7cccc(c5c(-c5ccccc5)c4c4cccc2c34)c76)c(C)c1. The first-order chi connectivity index (χ1) is 29.0. The molecule has 0 aromatic heterocycles. The number of benzene rings is 10. The van der Waals surface area contributed by atoms with Crippen LogP contribution in [0, 0.1) is 32.1 Å². The molecule has 59 heavy (non-hydrogen) atoms. The Bertz CT molecular complexity index is 3710. The van der Waals surface area contributed by atoms with Crippen molar-refractivity contribution in [3.05, 3.63) is 192 Å². The average Bonchev–Trinajstić information content (AvgIpc) is 3.78. The van der Waals surface area contributed by atoms with E-state index in [2.05, 4.69) is 185 Å². The van der Waals surface area contributed by atoms with Gasteiger partial charge in [0.1, 0.15) is 0 Å². The lowest BCUT2D eigenvalue weighted by Gasteiger charge is -2.19. The molecule has 12 aromatic carbocycles. The molecule has 0 heterocycles. The molecule has 0 unspecified atom stereocenters. The van der Waals surface area contributed by atoms with Gasteiger partial charge in [-0.3, -0.25) is 0 Å². The van der Waals surface area contributed by atoms with Crippen LogP contribution in [0.2, 0.25) is 0 Å². The van der Waals surface area contributed by atoms with Crippen LogP contribution >= 0.6 is 0 Å². The smallest absolute Gasteiger partial charge is 0.0991 e. The fraction of sp³-hybridized carbons (Fsp3) is 0.0517. The lowest BCUT2D eigenvalue weighted by Crippen LogP contribution is -1.93. The molecule has 0 spiro atoms. The zero-order chi connectivity index (χ0) is 39.5. The lowest BCUT2D eigenvalue weighted by atomic mass is 9.84. The Kier molecular flexibility index (Phi) is 7.11. The molecular weight excluding hydrogens is 711 g/mol. The van der Waals surface area contributed by atoms with Crippen LogP contribution in [0.3, 0.4) is 0 Å². The van der Waals surface area contributed by atoms with Crippen LogP contribution in [0.1, 0.15) is 22.3 Å². The summed E-state index contributed by atoms with van der Waals surface area (Å²) in [6, 6.07) is 65.2. The zero-order valence-corrected chi connectivity index (χ0v) is 33.1. The molecule has 0 radical (unpaired) electrons. The van der Waals surface area contributed by atoms with Crippen molar-refractivity contribution in [3.63, 3.8) is 0 Å². The first kappa shape index (κ1) is 33.6. The van der Waals surface area contributed by atoms with Gasteiger partial charge in [0.25, 0.3) is 0 Å². The third kappa shape index (κ3) is 4.66. The third-order valence-corrected chi connectivity index (χ3v) is 13.1. The Labute approximate surface area is 342 Å². The van der Waals surface area contributed by atoms with Gasteiger partial charge in [0.2, 0.25) is 0 Å². The van der Waals surface area contributed by atoms with Crippen molar-refractivity contribution in [1.82, 2.24) is 0 Å². The predicted molar refractivity (Wildman–Crippen MR) is 252 cm³/mol. The van der Waals surface area contributed by atoms with Gasteiger partial charge in [-0.15, -0.1) is 0 Å². The first-order valence-corrected chi connectivity index (χ1v) is 20.5. The minimum Gasteiger partial charge on any atom is -0.192 e. The van der Waals surface area contributed by atoms with E-state index in [0.717, 1.165) is 11.1 Å². The van der Waals surface area contributed by atoms with Gasteiger partial charge in [-0.2, -0.15) is 5.26 Å². The number of nitriles is 1. The van der Waals surface area contributed by atoms with Gasteiger partial charge >= 0.3 is 0 Å². The molecule has 0 fully saturated rings. The Morgan fingerprint density at radius 1 is 0.305 bits per heavy atom. The van der Waals surface area contributed by atoms with Crippen molar-refractivity contribution in [2.75, 3.05) is 0 Å². The highest BCUT2D eigenvalue weighted by Crippen LogP contribution is 2.55. The zero-order valence-electron chi connectivity index (χ0n) is 33.1. The standard InChI is InChI=1S/C58H37N/c1-33-24-25-36(32-59)30-48(33)39-28-34(2)51(35(3)29-39)44-26-27-47-54-43(44)21-13-23-46(54)58-53(38-16-8-5-9-17-38)56-45-22-12-20-42-40-18-10-11-19-41(40)49(55(42)45)31-50(56)52(57(47)58)37-14-6-4-7-15-37/h4-31H,1-3H3. The van der Waals surface area contributed by atoms with Gasteiger partial charge in [0.05, 0.1) is 11.6 Å². The molecule has 274 valence electrons. The highest BCUT2D eigenvalue weighted by atomic mass is 14.3. The quantitative estimate of drug-likeness (QED) is 0.165. The average molecular weight is 748 g/mol. The second-order valence-corrected chi connectivity index (χ2v) is 16.4. The number of aryl methyl sites for hydroxylation is 3. The van der Waals surface area contributed by atoms with Gasteiger partial charge < -0.3 is 0 Å². The fourth-order valence-electron chi connectivity index (χ4n) is 10.8. The Morgan fingerprint density at radius 2 is 0.847 bits per heavy atom. The van der Waals surface area contributed by atoms with Crippen molar-refractivity contribution in [1.29, 1.82) is 5.26 Å². The van der Waals surface area contributed by atoms with E-state index in [0.29, 0.717) is 5.56 Å². The van der Waals surface area contributed by atoms with Crippen LogP contribution in [0.25, 0.3) is 120 Å². The van der Waals surface area contributed by atoms with Crippen LogP contribution < -0.4 is 0 Å². The second-order valence-electron chi connectivity index (χ2n) is 16.4. The van der Waals surface area contributed by atoms with E-state index < -0.39 is 0 Å². The normalized spacial score (nSPS) is 12.0. The van der Waals surface area contributed by atoms with Crippen molar-refractivity contribution in [2.24, 2.45) is 0 Å². The van der Waals surface area contributed by atoms with E-state index in [-0.39, 0.29) is 0 Å². The van der Waals surface area contributed by atoms with E-state index in [9.17, 15) is 5.26 Å². The number of rotatable bonds is 4. The molecule has 0 saturated heterocycles. The van der Waals surface area contributed by atoms with E-state index in [1.165, 1.54) is 125 Å². The van der Waals surface area contributed by atoms with Crippen LogP contribution in [0.5, 0.6) is 0 Å².